The van der Waals surface area contributed by atoms with Gasteiger partial charge < -0.3 is 0 Å². The smallest absolute Gasteiger partial charge is 0.0361 e. The third-order valence-corrected chi connectivity index (χ3v) is 18.8. The van der Waals surface area contributed by atoms with Gasteiger partial charge in [0.15, 0.2) is 0 Å². The maximum Gasteiger partial charge on any atom is 0.0361 e. The van der Waals surface area contributed by atoms with Crippen LogP contribution in [0.25, 0.3) is 147 Å². The van der Waals surface area contributed by atoms with E-state index in [2.05, 4.69) is 231 Å². The molecule has 326 valence electrons. The minimum absolute atomic E-state index is 1.19. The van der Waals surface area contributed by atoms with E-state index in [9.17, 15) is 0 Å². The molecule has 11 aromatic carbocycles. The number of thiophene rings is 4. The van der Waals surface area contributed by atoms with Gasteiger partial charge in [-0.2, -0.15) is 0 Å². The zero-order valence-corrected chi connectivity index (χ0v) is 40.8. The quantitative estimate of drug-likeness (QED) is 0.156. The molecular weight excluding hydrogens is 921 g/mol. The van der Waals surface area contributed by atoms with Gasteiger partial charge >= 0.3 is 0 Å². The molecule has 0 aliphatic carbocycles. The summed E-state index contributed by atoms with van der Waals surface area (Å²) in [6.07, 6.45) is 0. The van der Waals surface area contributed by atoms with Crippen molar-refractivity contribution in [3.8, 4) is 66.8 Å². The second-order valence-corrected chi connectivity index (χ2v) is 22.7. The Morgan fingerprint density at radius 1 is 0.143 bits per heavy atom. The SMILES string of the molecule is c1ccc2c(c1)sc1cc(-c3cc(-c4ccc(-c5cc(-c6ccc7c(c6)sc6ccccc67)cc(-c6ccc7c(c6)sc6ccccc67)c5)cc4)cc(-c4ccc5c(c4)sc4ccccc45)c3)ccc12. The standard InChI is InChI=1S/C66H38S4/c1-5-13-59-51(9-1)55-25-21-41(35-63(55)67-59)47-29-45(30-48(33-47)42-22-26-56-52-10-2-6-14-60(52)68-64(56)36-42)39-17-19-40(20-18-39)46-31-49(43-23-27-57-53-11-3-7-15-61(53)69-65(57)37-43)34-50(32-46)44-24-28-58-54-12-4-8-16-62(54)70-66(58)38-44/h1-38H. The summed E-state index contributed by atoms with van der Waals surface area (Å²) in [6, 6.07) is 86.7. The Balaban J connectivity index is 0.861. The van der Waals surface area contributed by atoms with Gasteiger partial charge in [-0.15, -0.1) is 45.3 Å². The number of rotatable bonds is 6. The van der Waals surface area contributed by atoms with Crippen molar-refractivity contribution in [3.05, 3.63) is 231 Å². The lowest BCUT2D eigenvalue weighted by atomic mass is 9.90. The molecule has 70 heavy (non-hydrogen) atoms. The summed E-state index contributed by atoms with van der Waals surface area (Å²) >= 11 is 7.51. The minimum atomic E-state index is 1.19. The molecule has 0 N–H and O–H groups in total. The summed E-state index contributed by atoms with van der Waals surface area (Å²) in [6.45, 7) is 0. The maximum atomic E-state index is 2.39. The van der Waals surface area contributed by atoms with E-state index < -0.39 is 0 Å². The van der Waals surface area contributed by atoms with Crippen LogP contribution in [0.5, 0.6) is 0 Å². The Morgan fingerprint density at radius 3 is 0.600 bits per heavy atom. The normalized spacial score (nSPS) is 12.0. The van der Waals surface area contributed by atoms with Gasteiger partial charge in [0, 0.05) is 80.7 Å². The second-order valence-electron chi connectivity index (χ2n) is 18.4. The topological polar surface area (TPSA) is 0 Å². The molecule has 4 heteroatoms. The average molecular weight is 959 g/mol. The van der Waals surface area contributed by atoms with Gasteiger partial charge in [-0.3, -0.25) is 0 Å². The summed E-state index contributed by atoms with van der Waals surface area (Å²) in [4.78, 5) is 0. The van der Waals surface area contributed by atoms with Crippen molar-refractivity contribution in [3.63, 3.8) is 0 Å². The van der Waals surface area contributed by atoms with E-state index in [1.165, 1.54) is 147 Å². The monoisotopic (exact) mass is 958 g/mol. The molecule has 4 heterocycles. The number of benzene rings is 11. The van der Waals surface area contributed by atoms with Gasteiger partial charge in [-0.05, 0) is 152 Å². The van der Waals surface area contributed by atoms with Crippen molar-refractivity contribution in [2.24, 2.45) is 0 Å². The van der Waals surface area contributed by atoms with Gasteiger partial charge in [0.05, 0.1) is 0 Å². The van der Waals surface area contributed by atoms with Crippen molar-refractivity contribution in [2.75, 3.05) is 0 Å². The molecule has 0 saturated heterocycles. The number of hydrogen-bond acceptors (Lipinski definition) is 4. The summed E-state index contributed by atoms with van der Waals surface area (Å²) in [7, 11) is 0. The Morgan fingerprint density at radius 2 is 0.343 bits per heavy atom. The van der Waals surface area contributed by atoms with Crippen LogP contribution in [0.1, 0.15) is 0 Å². The maximum absolute atomic E-state index is 2.39. The van der Waals surface area contributed by atoms with E-state index >= 15 is 0 Å². The second kappa shape index (κ2) is 15.9. The molecule has 0 nitrogen and oxygen atoms in total. The highest BCUT2D eigenvalue weighted by Crippen LogP contribution is 2.44. The summed E-state index contributed by atoms with van der Waals surface area (Å²) in [5.41, 5.74) is 14.6. The predicted molar refractivity (Wildman–Crippen MR) is 311 cm³/mol. The third kappa shape index (κ3) is 6.67. The first kappa shape index (κ1) is 40.2. The van der Waals surface area contributed by atoms with E-state index in [0.717, 1.165) is 0 Å². The molecule has 0 fully saturated rings. The fourth-order valence-corrected chi connectivity index (χ4v) is 15.3. The number of fused-ring (bicyclic) bond motifs is 12. The van der Waals surface area contributed by atoms with Crippen LogP contribution >= 0.6 is 45.3 Å². The molecule has 0 amide bonds. The average Bonchev–Trinajstić information content (AvgIpc) is 4.20. The van der Waals surface area contributed by atoms with Crippen LogP contribution in [0.3, 0.4) is 0 Å². The first-order chi connectivity index (χ1) is 34.6. The minimum Gasteiger partial charge on any atom is -0.135 e. The lowest BCUT2D eigenvalue weighted by Gasteiger charge is -2.14. The molecule has 0 aliphatic heterocycles. The van der Waals surface area contributed by atoms with Gasteiger partial charge in [-0.25, -0.2) is 0 Å². The summed E-state index contributed by atoms with van der Waals surface area (Å²) < 4.78 is 10.6. The van der Waals surface area contributed by atoms with Crippen molar-refractivity contribution >= 4 is 126 Å². The van der Waals surface area contributed by atoms with Crippen LogP contribution in [-0.4, -0.2) is 0 Å². The molecule has 4 aromatic heterocycles. The lowest BCUT2D eigenvalue weighted by Crippen LogP contribution is -1.88. The fourth-order valence-electron chi connectivity index (χ4n) is 10.7. The molecule has 0 atom stereocenters. The van der Waals surface area contributed by atoms with Crippen LogP contribution in [0.4, 0.5) is 0 Å². The Bertz CT molecular complexity index is 4030. The Labute approximate surface area is 420 Å². The van der Waals surface area contributed by atoms with Crippen LogP contribution in [0.15, 0.2) is 231 Å². The van der Waals surface area contributed by atoms with E-state index in [-0.39, 0.29) is 0 Å². The Kier molecular flexibility index (Phi) is 9.15. The molecule has 15 aromatic rings. The Hall–Kier alpha value is -7.70. The van der Waals surface area contributed by atoms with Crippen molar-refractivity contribution < 1.29 is 0 Å². The lowest BCUT2D eigenvalue weighted by molar-refractivity contribution is 1.56. The highest BCUT2D eigenvalue weighted by Gasteiger charge is 2.16. The van der Waals surface area contributed by atoms with Gasteiger partial charge in [0.2, 0.25) is 0 Å². The van der Waals surface area contributed by atoms with Gasteiger partial charge in [0.25, 0.3) is 0 Å². The van der Waals surface area contributed by atoms with Crippen LogP contribution in [0.2, 0.25) is 0 Å². The highest BCUT2D eigenvalue weighted by atomic mass is 32.1. The molecule has 0 bridgehead atoms. The third-order valence-electron chi connectivity index (χ3n) is 14.3. The molecule has 0 unspecified atom stereocenters. The van der Waals surface area contributed by atoms with Crippen molar-refractivity contribution in [2.45, 2.75) is 0 Å². The van der Waals surface area contributed by atoms with Crippen molar-refractivity contribution in [1.29, 1.82) is 0 Å². The van der Waals surface area contributed by atoms with Gasteiger partial charge in [-0.1, -0.05) is 146 Å². The molecule has 0 aliphatic rings. The molecule has 0 spiro atoms. The molecule has 0 radical (unpaired) electrons. The summed E-state index contributed by atoms with van der Waals surface area (Å²) in [5, 5.41) is 10.6. The molecule has 0 saturated carbocycles. The first-order valence-corrected chi connectivity index (χ1v) is 26.9. The van der Waals surface area contributed by atoms with E-state index in [4.69, 9.17) is 0 Å². The zero-order valence-electron chi connectivity index (χ0n) is 37.6. The van der Waals surface area contributed by atoms with E-state index in [1.54, 1.807) is 0 Å². The van der Waals surface area contributed by atoms with Crippen LogP contribution < -0.4 is 0 Å². The fraction of sp³-hybridized carbons (Fsp3) is 0. The zero-order chi connectivity index (χ0) is 45.9. The highest BCUT2D eigenvalue weighted by molar-refractivity contribution is 7.27. The van der Waals surface area contributed by atoms with Crippen LogP contribution in [-0.2, 0) is 0 Å². The molecule has 15 rings (SSSR count). The van der Waals surface area contributed by atoms with Gasteiger partial charge in [0.1, 0.15) is 0 Å². The van der Waals surface area contributed by atoms with E-state index in [1.807, 2.05) is 45.3 Å². The summed E-state index contributed by atoms with van der Waals surface area (Å²) in [5.74, 6) is 0. The largest absolute Gasteiger partial charge is 0.135 e. The predicted octanol–water partition coefficient (Wildman–Crippen LogP) is 21.2. The number of hydrogen-bond donors (Lipinski definition) is 0. The van der Waals surface area contributed by atoms with E-state index in [0.29, 0.717) is 0 Å². The van der Waals surface area contributed by atoms with Crippen molar-refractivity contribution in [1.82, 2.24) is 0 Å². The van der Waals surface area contributed by atoms with Crippen LogP contribution in [0, 0.1) is 0 Å². The molecular formula is C66H38S4. The first-order valence-electron chi connectivity index (χ1n) is 23.7.